The Hall–Kier alpha value is 1.88. The molecule has 0 spiro atoms. The molecule has 0 nitrogen and oxygen atoms in total. The Labute approximate surface area is 132 Å². The predicted octanol–water partition coefficient (Wildman–Crippen LogP) is 7.17. The van der Waals surface area contributed by atoms with E-state index >= 15 is 0 Å². The first-order valence-electron chi connectivity index (χ1n) is 6.01. The molecular weight excluding hydrogens is 354 g/mol. The monoisotopic (exact) mass is 374 g/mol. The summed E-state index contributed by atoms with van der Waals surface area (Å²) in [5, 5.41) is 0. The smallest absolute Gasteiger partial charge is 0.146 e. The van der Waals surface area contributed by atoms with Crippen LogP contribution in [0.2, 0.25) is 19.1 Å². The molecule has 0 saturated heterocycles. The van der Waals surface area contributed by atoms with Gasteiger partial charge >= 0.3 is 6.00 Å². The molecule has 0 aliphatic carbocycles. The molecule has 106 valence electrons. The van der Waals surface area contributed by atoms with Crippen LogP contribution in [0.4, 0.5) is 0 Å². The maximum Gasteiger partial charge on any atom is 0.341 e. The fourth-order valence-corrected chi connectivity index (χ4v) is 2.96. The number of unbranched alkanes of at least 4 members (excludes halogenated alkanes) is 5. The Morgan fingerprint density at radius 3 is 1.41 bits per heavy atom. The van der Waals surface area contributed by atoms with Gasteiger partial charge in [0.25, 0.3) is 0 Å². The maximum absolute atomic E-state index is 5.74. The van der Waals surface area contributed by atoms with Crippen molar-refractivity contribution in [3.63, 3.8) is 0 Å². The first-order chi connectivity index (χ1) is 7.56. The summed E-state index contributed by atoms with van der Waals surface area (Å²) in [7, 11) is 0. The molecule has 0 aromatic heterocycles. The fraction of sp³-hybridized carbons (Fsp3) is 1.00. The van der Waals surface area contributed by atoms with E-state index in [9.17, 15) is 0 Å². The largest absolute Gasteiger partial charge is 0.341 e. The van der Waals surface area contributed by atoms with Crippen LogP contribution in [0, 0.1) is 0 Å². The van der Waals surface area contributed by atoms with E-state index in [4.69, 9.17) is 55.4 Å². The van der Waals surface area contributed by atoms with Crippen LogP contribution in [-0.4, -0.2) is 12.7 Å². The van der Waals surface area contributed by atoms with Gasteiger partial charge in [-0.1, -0.05) is 45.4 Å². The summed E-state index contributed by atoms with van der Waals surface area (Å²) in [4.78, 5) is 0. The molecule has 0 saturated carbocycles. The zero-order valence-corrected chi connectivity index (χ0v) is 16.6. The topological polar surface area (TPSA) is 0 Å². The molecule has 0 rings (SSSR count). The van der Waals surface area contributed by atoms with Crippen LogP contribution < -0.4 is 0 Å². The summed E-state index contributed by atoms with van der Waals surface area (Å²) in [6, 6.07) is -1.49. The lowest BCUT2D eigenvalue weighted by molar-refractivity contribution is 0.624. The van der Waals surface area contributed by atoms with Gasteiger partial charge < -0.3 is 0 Å². The van der Waals surface area contributed by atoms with Gasteiger partial charge in [-0.3, -0.25) is 0 Å². The molecule has 0 fully saturated rings. The van der Waals surface area contributed by atoms with Gasteiger partial charge in [-0.25, -0.2) is 0 Å². The Morgan fingerprint density at radius 2 is 1.06 bits per heavy atom. The van der Waals surface area contributed by atoms with Crippen LogP contribution in [0.15, 0.2) is 0 Å². The SMILES string of the molecule is CCCCCCCC[Si](Cl)(Cl)Cl.C[Si](C)(Cl)Cl. The second-order valence-electron chi connectivity index (χ2n) is 4.46. The number of halogens is 5. The molecule has 0 aliphatic heterocycles. The van der Waals surface area contributed by atoms with Gasteiger partial charge in [-0.15, -0.1) is 55.4 Å². The minimum atomic E-state index is -2.31. The van der Waals surface area contributed by atoms with Crippen molar-refractivity contribution in [2.45, 2.75) is 64.6 Å². The summed E-state index contributed by atoms with van der Waals surface area (Å²) in [6.45, 7) is 4.26. The van der Waals surface area contributed by atoms with E-state index in [0.29, 0.717) is 0 Å². The van der Waals surface area contributed by atoms with E-state index in [2.05, 4.69) is 6.92 Å². The van der Waals surface area contributed by atoms with Gasteiger partial charge in [0.1, 0.15) is 0 Å². The molecule has 0 N–H and O–H groups in total. The van der Waals surface area contributed by atoms with Gasteiger partial charge in [0.05, 0.1) is 0 Å². The Kier molecular flexibility index (Phi) is 14.6. The summed E-state index contributed by atoms with van der Waals surface area (Å²) >= 11 is 28.1. The van der Waals surface area contributed by atoms with Crippen LogP contribution in [0.1, 0.15) is 45.4 Å². The van der Waals surface area contributed by atoms with Crippen molar-refractivity contribution in [1.82, 2.24) is 0 Å². The van der Waals surface area contributed by atoms with Crippen molar-refractivity contribution in [2.24, 2.45) is 0 Å². The number of rotatable bonds is 7. The Balaban J connectivity index is 0. The third-order valence-corrected chi connectivity index (χ3v) is 4.44. The van der Waals surface area contributed by atoms with Gasteiger partial charge in [-0.05, 0) is 19.1 Å². The Bertz CT molecular complexity index is 159. The maximum atomic E-state index is 5.74. The zero-order chi connectivity index (χ0) is 13.9. The van der Waals surface area contributed by atoms with Crippen molar-refractivity contribution < 1.29 is 0 Å². The molecule has 0 heterocycles. The van der Waals surface area contributed by atoms with Crippen molar-refractivity contribution in [3.05, 3.63) is 0 Å². The first kappa shape index (κ1) is 21.2. The van der Waals surface area contributed by atoms with Crippen LogP contribution in [0.5, 0.6) is 0 Å². The Morgan fingerprint density at radius 1 is 0.706 bits per heavy atom. The van der Waals surface area contributed by atoms with Gasteiger partial charge in [-0.2, -0.15) is 0 Å². The summed E-state index contributed by atoms with van der Waals surface area (Å²) in [5.74, 6) is 0. The highest BCUT2D eigenvalue weighted by Gasteiger charge is 2.23. The lowest BCUT2D eigenvalue weighted by Crippen LogP contribution is -2.07. The predicted molar refractivity (Wildman–Crippen MR) is 90.7 cm³/mol. The molecule has 17 heavy (non-hydrogen) atoms. The number of hydrogen-bond acceptors (Lipinski definition) is 0. The van der Waals surface area contributed by atoms with Crippen molar-refractivity contribution >= 4 is 68.1 Å². The van der Waals surface area contributed by atoms with Crippen LogP contribution in [0.3, 0.4) is 0 Å². The van der Waals surface area contributed by atoms with Crippen molar-refractivity contribution in [1.29, 1.82) is 0 Å². The normalized spacial score (nSPS) is 12.0. The highest BCUT2D eigenvalue weighted by Crippen LogP contribution is 2.27. The molecule has 0 aliphatic rings. The molecule has 0 unspecified atom stereocenters. The third-order valence-electron chi connectivity index (χ3n) is 1.81. The highest BCUT2D eigenvalue weighted by atomic mass is 35.8. The lowest BCUT2D eigenvalue weighted by atomic mass is 10.1. The summed E-state index contributed by atoms with van der Waals surface area (Å²) in [5.41, 5.74) is 0. The number of hydrogen-bond donors (Lipinski definition) is 0. The van der Waals surface area contributed by atoms with Gasteiger partial charge in [0, 0.05) is 0 Å². The second kappa shape index (κ2) is 11.7. The second-order valence-corrected chi connectivity index (χ2v) is 22.6. The molecule has 0 aromatic rings. The molecular formula is C10H23Cl5Si2. The average molecular weight is 377 g/mol. The van der Waals surface area contributed by atoms with E-state index in [1.54, 1.807) is 0 Å². The van der Waals surface area contributed by atoms with E-state index in [-0.39, 0.29) is 0 Å². The van der Waals surface area contributed by atoms with Crippen molar-refractivity contribution in [2.75, 3.05) is 0 Å². The summed E-state index contributed by atoms with van der Waals surface area (Å²) < 4.78 is 0. The van der Waals surface area contributed by atoms with Crippen LogP contribution >= 0.6 is 55.4 Å². The van der Waals surface area contributed by atoms with E-state index in [1.165, 1.54) is 32.1 Å². The minimum absolute atomic E-state index is 0.823. The van der Waals surface area contributed by atoms with Crippen LogP contribution in [-0.2, 0) is 0 Å². The van der Waals surface area contributed by atoms with E-state index in [1.807, 2.05) is 13.1 Å². The third kappa shape index (κ3) is 38.1. The molecule has 0 bridgehead atoms. The van der Waals surface area contributed by atoms with Gasteiger partial charge in [0.15, 0.2) is 0 Å². The molecule has 0 amide bonds. The molecule has 0 atom stereocenters. The molecule has 7 heteroatoms. The first-order valence-corrected chi connectivity index (χ1v) is 16.3. The van der Waals surface area contributed by atoms with E-state index < -0.39 is 12.7 Å². The van der Waals surface area contributed by atoms with Crippen molar-refractivity contribution in [3.8, 4) is 0 Å². The standard InChI is InChI=1S/C8H17Cl3Si.C2H6Cl2Si/c1-2-3-4-5-6-7-8-12(9,10)11;1-5(2,3)4/h2-8H2,1H3;1-2H3. The fourth-order valence-electron chi connectivity index (χ4n) is 1.11. The lowest BCUT2D eigenvalue weighted by Gasteiger charge is -2.06. The molecule has 0 aromatic carbocycles. The van der Waals surface area contributed by atoms with Gasteiger partial charge in [0.2, 0.25) is 6.69 Å². The summed E-state index contributed by atoms with van der Waals surface area (Å²) in [6.07, 6.45) is 7.57. The van der Waals surface area contributed by atoms with E-state index in [0.717, 1.165) is 12.5 Å². The van der Waals surface area contributed by atoms with Crippen LogP contribution in [0.25, 0.3) is 0 Å². The quantitative estimate of drug-likeness (QED) is 0.251. The molecule has 0 radical (unpaired) electrons. The average Bonchev–Trinajstić information content (AvgIpc) is 2.06. The zero-order valence-electron chi connectivity index (χ0n) is 10.8. The minimum Gasteiger partial charge on any atom is -0.146 e. The highest BCUT2D eigenvalue weighted by molar-refractivity contribution is 7.64.